The Labute approximate surface area is 258 Å². The Morgan fingerprint density at radius 2 is 1.56 bits per heavy atom. The number of ether oxygens (including phenoxy) is 2. The molecular weight excluding hydrogens is 564 g/mol. The summed E-state index contributed by atoms with van der Waals surface area (Å²) in [5.74, 6) is 1.54. The molecule has 0 radical (unpaired) electrons. The fourth-order valence-electron chi connectivity index (χ4n) is 4.88. The number of carbonyl (C=O) groups excluding carboxylic acids is 1. The Bertz CT molecular complexity index is 1390. The van der Waals surface area contributed by atoms with Gasteiger partial charge in [0.15, 0.2) is 11.6 Å². The number of esters is 1. The number of methoxy groups -OCH3 is 1. The van der Waals surface area contributed by atoms with Crippen molar-refractivity contribution < 1.29 is 23.5 Å². The maximum absolute atomic E-state index is 11.7. The Morgan fingerprint density at radius 1 is 0.860 bits per heavy atom. The lowest BCUT2D eigenvalue weighted by Gasteiger charge is -2.05. The molecular formula is C33H44N4O5S. The summed E-state index contributed by atoms with van der Waals surface area (Å²) in [6.07, 6.45) is 14.7. The van der Waals surface area contributed by atoms with Crippen molar-refractivity contribution in [2.75, 3.05) is 13.7 Å². The van der Waals surface area contributed by atoms with E-state index in [4.69, 9.17) is 18.7 Å². The van der Waals surface area contributed by atoms with Gasteiger partial charge in [-0.15, -0.1) is 10.2 Å². The highest BCUT2D eigenvalue weighted by Gasteiger charge is 2.17. The molecule has 0 unspecified atom stereocenters. The standard InChI is InChI=1S/C33H44N4O5S/c1-4-5-6-7-8-9-10-11-12-14-26-16-22-29(23-17-26)43-42-40-24-13-15-30-34-35-32-31(25(2)36-37(30)32)41-28-20-18-27(19-21-28)33(38)39-3/h16-23,36H,4-15,24H2,1-3H3. The lowest BCUT2D eigenvalue weighted by Crippen LogP contribution is -2.00. The van der Waals surface area contributed by atoms with Gasteiger partial charge >= 0.3 is 5.97 Å². The van der Waals surface area contributed by atoms with Gasteiger partial charge in [0.25, 0.3) is 0 Å². The van der Waals surface area contributed by atoms with Gasteiger partial charge in [-0.3, -0.25) is 5.10 Å². The number of aromatic nitrogens is 4. The van der Waals surface area contributed by atoms with Crippen LogP contribution in [0.4, 0.5) is 0 Å². The summed E-state index contributed by atoms with van der Waals surface area (Å²) in [6, 6.07) is 15.3. The summed E-state index contributed by atoms with van der Waals surface area (Å²) in [5.41, 5.74) is 3.24. The van der Waals surface area contributed by atoms with E-state index in [0.29, 0.717) is 42.2 Å². The van der Waals surface area contributed by atoms with E-state index >= 15 is 0 Å². The monoisotopic (exact) mass is 608 g/mol. The first-order valence-electron chi connectivity index (χ1n) is 15.4. The van der Waals surface area contributed by atoms with Crippen LogP contribution in [0.3, 0.4) is 0 Å². The minimum Gasteiger partial charge on any atom is -0.465 e. The van der Waals surface area contributed by atoms with Gasteiger partial charge in [-0.25, -0.2) is 14.2 Å². The van der Waals surface area contributed by atoms with Crippen LogP contribution in [0.2, 0.25) is 0 Å². The number of aryl methyl sites for hydroxylation is 3. The second-order valence-electron chi connectivity index (χ2n) is 10.8. The van der Waals surface area contributed by atoms with Crippen LogP contribution in [-0.2, 0) is 26.8 Å². The summed E-state index contributed by atoms with van der Waals surface area (Å²) in [6.45, 7) is 4.60. The van der Waals surface area contributed by atoms with Gasteiger partial charge in [0.2, 0.25) is 5.65 Å². The third-order valence-electron chi connectivity index (χ3n) is 7.35. The first-order valence-corrected chi connectivity index (χ1v) is 16.2. The van der Waals surface area contributed by atoms with Crippen molar-refractivity contribution in [3.05, 3.63) is 71.2 Å². The molecule has 9 nitrogen and oxygen atoms in total. The second kappa shape index (κ2) is 17.7. The van der Waals surface area contributed by atoms with Gasteiger partial charge in [-0.1, -0.05) is 70.4 Å². The average Bonchev–Trinajstić information content (AvgIpc) is 3.56. The highest BCUT2D eigenvalue weighted by atomic mass is 32.2. The highest BCUT2D eigenvalue weighted by Crippen LogP contribution is 2.29. The molecule has 0 atom stereocenters. The zero-order chi connectivity index (χ0) is 30.3. The van der Waals surface area contributed by atoms with Gasteiger partial charge in [-0.2, -0.15) is 4.33 Å². The van der Waals surface area contributed by atoms with Crippen LogP contribution in [0.15, 0.2) is 53.4 Å². The number of nitrogens with zero attached hydrogens (tertiary/aromatic N) is 3. The van der Waals surface area contributed by atoms with E-state index in [2.05, 4.69) is 46.5 Å². The van der Waals surface area contributed by atoms with E-state index in [9.17, 15) is 4.79 Å². The number of aromatic amines is 1. The number of carbonyl (C=O) groups is 1. The number of hydrogen-bond donors (Lipinski definition) is 1. The van der Waals surface area contributed by atoms with Crippen molar-refractivity contribution >= 4 is 23.7 Å². The van der Waals surface area contributed by atoms with E-state index in [1.807, 2.05) is 11.4 Å². The molecule has 0 saturated heterocycles. The molecule has 0 spiro atoms. The van der Waals surface area contributed by atoms with Crippen LogP contribution in [-0.4, -0.2) is 39.5 Å². The summed E-state index contributed by atoms with van der Waals surface area (Å²) < 4.78 is 18.0. The van der Waals surface area contributed by atoms with Crippen LogP contribution in [0.25, 0.3) is 5.65 Å². The van der Waals surface area contributed by atoms with Crippen molar-refractivity contribution in [2.45, 2.75) is 95.8 Å². The van der Waals surface area contributed by atoms with E-state index in [1.54, 1.807) is 24.3 Å². The van der Waals surface area contributed by atoms with Gasteiger partial charge in [0, 0.05) is 11.3 Å². The molecule has 4 aromatic rings. The quantitative estimate of drug-likeness (QED) is 0.0350. The molecule has 0 saturated carbocycles. The third-order valence-corrected chi connectivity index (χ3v) is 7.98. The number of rotatable bonds is 20. The normalized spacial score (nSPS) is 11.3. The molecule has 0 amide bonds. The molecule has 0 aliphatic rings. The van der Waals surface area contributed by atoms with Crippen molar-refractivity contribution in [1.82, 2.24) is 19.8 Å². The third kappa shape index (κ3) is 10.1. The molecule has 10 heteroatoms. The SMILES string of the molecule is CCCCCCCCCCCc1ccc(SOOCCCc2nnc3c(Oc4ccc(C(=O)OC)cc4)c(C)[nH]n23)cc1. The van der Waals surface area contributed by atoms with Crippen molar-refractivity contribution in [1.29, 1.82) is 0 Å². The van der Waals surface area contributed by atoms with E-state index in [0.717, 1.165) is 22.8 Å². The summed E-state index contributed by atoms with van der Waals surface area (Å²) in [5, 5.41) is 11.9. The zero-order valence-corrected chi connectivity index (χ0v) is 26.4. The molecule has 4 rings (SSSR count). The van der Waals surface area contributed by atoms with E-state index in [-0.39, 0.29) is 0 Å². The first-order chi connectivity index (χ1) is 21.1. The number of hydrogen-bond acceptors (Lipinski definition) is 8. The maximum Gasteiger partial charge on any atom is 0.337 e. The van der Waals surface area contributed by atoms with Crippen LogP contribution in [0.5, 0.6) is 11.5 Å². The Kier molecular flexibility index (Phi) is 13.4. The minimum absolute atomic E-state index is 0.393. The Balaban J connectivity index is 1.11. The van der Waals surface area contributed by atoms with Gasteiger partial charge in [0.1, 0.15) is 5.75 Å². The van der Waals surface area contributed by atoms with E-state index in [1.165, 1.54) is 82.5 Å². The molecule has 2 aromatic heterocycles. The number of H-pyrrole nitrogens is 1. The number of unbranched alkanes of at least 4 members (excludes halogenated alkanes) is 8. The number of nitrogens with one attached hydrogen (secondary N) is 1. The number of fused-ring (bicyclic) bond motifs is 1. The predicted molar refractivity (Wildman–Crippen MR) is 169 cm³/mol. The van der Waals surface area contributed by atoms with Gasteiger partial charge in [0.05, 0.1) is 37.0 Å². The molecule has 232 valence electrons. The minimum atomic E-state index is -0.393. The molecule has 43 heavy (non-hydrogen) atoms. The van der Waals surface area contributed by atoms with E-state index < -0.39 is 5.97 Å². The lowest BCUT2D eigenvalue weighted by molar-refractivity contribution is -0.191. The van der Waals surface area contributed by atoms with Crippen LogP contribution in [0.1, 0.15) is 98.6 Å². The molecule has 2 aromatic carbocycles. The van der Waals surface area contributed by atoms with Gasteiger partial charge < -0.3 is 9.47 Å². The van der Waals surface area contributed by atoms with Crippen LogP contribution in [0, 0.1) is 6.92 Å². The lowest BCUT2D eigenvalue weighted by atomic mass is 10.0. The van der Waals surface area contributed by atoms with Crippen molar-refractivity contribution in [2.24, 2.45) is 0 Å². The zero-order valence-electron chi connectivity index (χ0n) is 25.6. The Hall–Kier alpha value is -3.34. The summed E-state index contributed by atoms with van der Waals surface area (Å²) in [7, 11) is 1.35. The number of benzene rings is 2. The van der Waals surface area contributed by atoms with Gasteiger partial charge in [-0.05, 0) is 68.1 Å². The van der Waals surface area contributed by atoms with Crippen LogP contribution < -0.4 is 4.74 Å². The summed E-state index contributed by atoms with van der Waals surface area (Å²) >= 11 is 1.23. The summed E-state index contributed by atoms with van der Waals surface area (Å²) in [4.78, 5) is 18.1. The average molecular weight is 609 g/mol. The molecule has 0 fully saturated rings. The molecule has 0 aliphatic carbocycles. The largest absolute Gasteiger partial charge is 0.465 e. The highest BCUT2D eigenvalue weighted by molar-refractivity contribution is 7.94. The van der Waals surface area contributed by atoms with Crippen molar-refractivity contribution in [3.8, 4) is 11.5 Å². The van der Waals surface area contributed by atoms with Crippen LogP contribution >= 0.6 is 12.0 Å². The first kappa shape index (κ1) is 32.6. The Morgan fingerprint density at radius 3 is 2.26 bits per heavy atom. The molecule has 1 N–H and O–H groups in total. The molecule has 0 aliphatic heterocycles. The predicted octanol–water partition coefficient (Wildman–Crippen LogP) is 8.61. The maximum atomic E-state index is 11.7. The molecule has 0 bridgehead atoms. The molecule has 2 heterocycles. The fraction of sp³-hybridized carbons (Fsp3) is 0.485. The second-order valence-corrected chi connectivity index (χ2v) is 11.5. The topological polar surface area (TPSA) is 100.0 Å². The van der Waals surface area contributed by atoms with Crippen molar-refractivity contribution in [3.63, 3.8) is 0 Å². The smallest absolute Gasteiger partial charge is 0.337 e. The fourth-order valence-corrected chi connectivity index (χ4v) is 5.33.